The minimum Gasteiger partial charge on any atom is -0.491 e. The first kappa shape index (κ1) is 20.4. The molecule has 0 saturated carbocycles. The molecule has 0 bridgehead atoms. The lowest BCUT2D eigenvalue weighted by molar-refractivity contribution is 0.0934. The number of benzene rings is 2. The van der Waals surface area contributed by atoms with Gasteiger partial charge in [-0.2, -0.15) is 0 Å². The molecule has 3 rings (SSSR count). The summed E-state index contributed by atoms with van der Waals surface area (Å²) in [5.41, 5.74) is 3.65. The molecule has 4 nitrogen and oxygen atoms in total. The summed E-state index contributed by atoms with van der Waals surface area (Å²) in [4.78, 5) is 4.36. The Morgan fingerprint density at radius 2 is 1.68 bits per heavy atom. The molecule has 0 fully saturated rings. The van der Waals surface area contributed by atoms with E-state index in [2.05, 4.69) is 51.7 Å². The van der Waals surface area contributed by atoms with Gasteiger partial charge in [-0.25, -0.2) is 4.98 Å². The van der Waals surface area contributed by atoms with Crippen LogP contribution in [0.25, 0.3) is 11.0 Å². The molecule has 0 spiro atoms. The molecular weight excluding hydrogens is 348 g/mol. The monoisotopic (exact) mass is 380 g/mol. The van der Waals surface area contributed by atoms with Crippen molar-refractivity contribution in [1.29, 1.82) is 0 Å². The average Bonchev–Trinajstić information content (AvgIpc) is 3.01. The number of imidazole rings is 1. The lowest BCUT2D eigenvalue weighted by Crippen LogP contribution is -2.25. The quantitative estimate of drug-likeness (QED) is 0.613. The zero-order valence-corrected chi connectivity index (χ0v) is 17.6. The molecule has 3 aromatic rings. The second kappa shape index (κ2) is 7.96. The largest absolute Gasteiger partial charge is 0.491 e. The van der Waals surface area contributed by atoms with Crippen molar-refractivity contribution in [2.24, 2.45) is 5.41 Å². The van der Waals surface area contributed by atoms with E-state index in [0.29, 0.717) is 6.54 Å². The molecule has 28 heavy (non-hydrogen) atoms. The summed E-state index contributed by atoms with van der Waals surface area (Å²) in [6.45, 7) is 12.1. The minimum absolute atomic E-state index is 0.110. The fraction of sp³-hybridized carbons (Fsp3) is 0.458. The minimum atomic E-state index is -0.602. The van der Waals surface area contributed by atoms with Crippen LogP contribution in [0.15, 0.2) is 54.9 Å². The number of aliphatic hydroxyl groups excluding tert-OH is 1. The Labute approximate surface area is 168 Å². The predicted molar refractivity (Wildman–Crippen MR) is 115 cm³/mol. The van der Waals surface area contributed by atoms with Gasteiger partial charge in [0.25, 0.3) is 0 Å². The second-order valence-corrected chi connectivity index (χ2v) is 9.50. The predicted octanol–water partition coefficient (Wildman–Crippen LogP) is 5.19. The molecule has 0 aliphatic carbocycles. The fourth-order valence-corrected chi connectivity index (χ4v) is 4.06. The molecule has 150 valence electrons. The first-order valence-corrected chi connectivity index (χ1v) is 9.95. The summed E-state index contributed by atoms with van der Waals surface area (Å²) in [6.07, 6.45) is 2.27. The van der Waals surface area contributed by atoms with Gasteiger partial charge < -0.3 is 14.4 Å². The van der Waals surface area contributed by atoms with Crippen LogP contribution >= 0.6 is 0 Å². The maximum absolute atomic E-state index is 10.4. The highest BCUT2D eigenvalue weighted by Crippen LogP contribution is 2.36. The van der Waals surface area contributed by atoms with E-state index in [0.717, 1.165) is 23.2 Å². The van der Waals surface area contributed by atoms with E-state index < -0.39 is 6.10 Å². The molecule has 1 heterocycles. The number of para-hydroxylation sites is 2. The highest BCUT2D eigenvalue weighted by molar-refractivity contribution is 5.74. The van der Waals surface area contributed by atoms with Crippen LogP contribution in [0.3, 0.4) is 0 Å². The Kier molecular flexibility index (Phi) is 5.80. The Bertz CT molecular complexity index is 904. The number of hydrogen-bond donors (Lipinski definition) is 1. The standard InChI is InChI=1S/C24H32N2O2/c1-23(2,3)16-24(4,5)18-10-12-20(13-11-18)28-15-19(27)14-26-17-25-21-8-6-7-9-22(21)26/h6-13,17,19,27H,14-16H2,1-5H3. The van der Waals surface area contributed by atoms with Crippen molar-refractivity contribution in [3.05, 3.63) is 60.4 Å². The Morgan fingerprint density at radius 1 is 1.00 bits per heavy atom. The topological polar surface area (TPSA) is 47.3 Å². The number of hydrogen-bond acceptors (Lipinski definition) is 3. The third-order valence-electron chi connectivity index (χ3n) is 4.99. The summed E-state index contributed by atoms with van der Waals surface area (Å²) in [5, 5.41) is 10.4. The van der Waals surface area contributed by atoms with Crippen LogP contribution < -0.4 is 4.74 Å². The van der Waals surface area contributed by atoms with Gasteiger partial charge in [0.2, 0.25) is 0 Å². The molecule has 0 amide bonds. The van der Waals surface area contributed by atoms with Crippen molar-refractivity contribution in [3.63, 3.8) is 0 Å². The van der Waals surface area contributed by atoms with Gasteiger partial charge in [0.15, 0.2) is 0 Å². The van der Waals surface area contributed by atoms with Gasteiger partial charge in [0.1, 0.15) is 18.5 Å². The Hall–Kier alpha value is -2.33. The zero-order valence-electron chi connectivity index (χ0n) is 17.6. The van der Waals surface area contributed by atoms with Gasteiger partial charge in [0, 0.05) is 0 Å². The highest BCUT2D eigenvalue weighted by atomic mass is 16.5. The number of aromatic nitrogens is 2. The summed E-state index contributed by atoms with van der Waals surface area (Å²) >= 11 is 0. The van der Waals surface area contributed by atoms with E-state index in [4.69, 9.17) is 4.74 Å². The van der Waals surface area contributed by atoms with Crippen LogP contribution in [0.5, 0.6) is 5.75 Å². The van der Waals surface area contributed by atoms with E-state index in [1.807, 2.05) is 41.0 Å². The number of fused-ring (bicyclic) bond motifs is 1. The lowest BCUT2D eigenvalue weighted by atomic mass is 9.72. The van der Waals surface area contributed by atoms with E-state index >= 15 is 0 Å². The van der Waals surface area contributed by atoms with Gasteiger partial charge in [-0.05, 0) is 47.1 Å². The van der Waals surface area contributed by atoms with Crippen molar-refractivity contribution in [2.45, 2.75) is 59.1 Å². The van der Waals surface area contributed by atoms with Gasteiger partial charge in [0.05, 0.1) is 23.9 Å². The summed E-state index contributed by atoms with van der Waals surface area (Å²) in [6, 6.07) is 16.2. The van der Waals surface area contributed by atoms with Gasteiger partial charge in [-0.1, -0.05) is 58.9 Å². The van der Waals surface area contributed by atoms with Crippen LogP contribution in [-0.2, 0) is 12.0 Å². The van der Waals surface area contributed by atoms with Gasteiger partial charge in [-0.15, -0.1) is 0 Å². The van der Waals surface area contributed by atoms with Crippen molar-refractivity contribution in [1.82, 2.24) is 9.55 Å². The zero-order chi connectivity index (χ0) is 20.4. The summed E-state index contributed by atoms with van der Waals surface area (Å²) in [5.74, 6) is 0.782. The maximum Gasteiger partial charge on any atom is 0.119 e. The van der Waals surface area contributed by atoms with E-state index in [9.17, 15) is 5.11 Å². The molecule has 0 radical (unpaired) electrons. The number of rotatable bonds is 7. The van der Waals surface area contributed by atoms with Gasteiger partial charge in [-0.3, -0.25) is 0 Å². The Morgan fingerprint density at radius 3 is 2.36 bits per heavy atom. The SMILES string of the molecule is CC(C)(C)CC(C)(C)c1ccc(OCC(O)Cn2cnc3ccccc32)cc1. The molecule has 0 saturated heterocycles. The van der Waals surface area contributed by atoms with Crippen LogP contribution in [0.2, 0.25) is 0 Å². The second-order valence-electron chi connectivity index (χ2n) is 9.50. The molecule has 2 aromatic carbocycles. The van der Waals surface area contributed by atoms with Crippen molar-refractivity contribution in [2.75, 3.05) is 6.61 Å². The molecule has 1 atom stereocenters. The van der Waals surface area contributed by atoms with Crippen LogP contribution in [-0.4, -0.2) is 27.4 Å². The smallest absolute Gasteiger partial charge is 0.119 e. The molecule has 0 aliphatic heterocycles. The normalized spacial score (nSPS) is 13.6. The molecule has 0 aliphatic rings. The number of ether oxygens (including phenoxy) is 1. The molecule has 1 unspecified atom stereocenters. The maximum atomic E-state index is 10.4. The average molecular weight is 381 g/mol. The van der Waals surface area contributed by atoms with E-state index in [1.165, 1.54) is 5.56 Å². The van der Waals surface area contributed by atoms with Crippen molar-refractivity contribution < 1.29 is 9.84 Å². The Balaban J connectivity index is 1.57. The summed E-state index contributed by atoms with van der Waals surface area (Å²) in [7, 11) is 0. The summed E-state index contributed by atoms with van der Waals surface area (Å²) < 4.78 is 7.77. The van der Waals surface area contributed by atoms with Crippen molar-refractivity contribution >= 4 is 11.0 Å². The van der Waals surface area contributed by atoms with E-state index in [-0.39, 0.29) is 17.4 Å². The van der Waals surface area contributed by atoms with Crippen LogP contribution in [0.1, 0.15) is 46.6 Å². The number of nitrogens with zero attached hydrogens (tertiary/aromatic N) is 2. The lowest BCUT2D eigenvalue weighted by Gasteiger charge is -2.33. The van der Waals surface area contributed by atoms with Gasteiger partial charge >= 0.3 is 0 Å². The highest BCUT2D eigenvalue weighted by Gasteiger charge is 2.27. The third kappa shape index (κ3) is 5.14. The first-order valence-electron chi connectivity index (χ1n) is 9.95. The fourth-order valence-electron chi connectivity index (χ4n) is 4.06. The molecule has 1 aromatic heterocycles. The first-order chi connectivity index (χ1) is 13.1. The van der Waals surface area contributed by atoms with Crippen LogP contribution in [0, 0.1) is 5.41 Å². The van der Waals surface area contributed by atoms with Crippen LogP contribution in [0.4, 0.5) is 0 Å². The van der Waals surface area contributed by atoms with E-state index in [1.54, 1.807) is 6.33 Å². The van der Waals surface area contributed by atoms with Crippen molar-refractivity contribution in [3.8, 4) is 5.75 Å². The third-order valence-corrected chi connectivity index (χ3v) is 4.99. The molecular formula is C24H32N2O2. The number of aliphatic hydroxyl groups is 1. The molecule has 4 heteroatoms. The molecule has 1 N–H and O–H groups in total.